The molecule has 84 valence electrons. The number of hydrogen-bond donors (Lipinski definition) is 1. The molecule has 0 spiro atoms. The lowest BCUT2D eigenvalue weighted by Gasteiger charge is -2.38. The Kier molecular flexibility index (Phi) is 3.41. The molecule has 1 saturated heterocycles. The van der Waals surface area contributed by atoms with E-state index < -0.39 is 14.6 Å². The Bertz CT molecular complexity index is 198. The van der Waals surface area contributed by atoms with Gasteiger partial charge in [0.15, 0.2) is 14.6 Å². The normalized spacial score (nSPS) is 29.6. The van der Waals surface area contributed by atoms with Gasteiger partial charge in [0.05, 0.1) is 12.7 Å². The molecular weight excluding hydrogens is 196 g/mol. The molecule has 1 heterocycles. The van der Waals surface area contributed by atoms with E-state index >= 15 is 0 Å². The van der Waals surface area contributed by atoms with E-state index in [-0.39, 0.29) is 11.1 Å². The molecule has 1 aliphatic rings. The van der Waals surface area contributed by atoms with Crippen LogP contribution in [0.4, 0.5) is 0 Å². The van der Waals surface area contributed by atoms with Crippen molar-refractivity contribution in [1.82, 2.24) is 0 Å². The highest BCUT2D eigenvalue weighted by Gasteiger charge is 2.41. The zero-order valence-electron chi connectivity index (χ0n) is 9.83. The van der Waals surface area contributed by atoms with E-state index in [0.717, 1.165) is 6.42 Å². The van der Waals surface area contributed by atoms with Crippen LogP contribution in [0.2, 0.25) is 18.1 Å². The van der Waals surface area contributed by atoms with E-state index in [1.807, 2.05) is 0 Å². The topological polar surface area (TPSA) is 38.7 Å². The van der Waals surface area contributed by atoms with Crippen molar-refractivity contribution >= 4 is 8.32 Å². The van der Waals surface area contributed by atoms with Crippen LogP contribution in [-0.2, 0) is 9.16 Å². The van der Waals surface area contributed by atoms with Gasteiger partial charge in [-0.25, -0.2) is 0 Å². The molecule has 3 nitrogen and oxygen atoms in total. The molecule has 14 heavy (non-hydrogen) atoms. The second kappa shape index (κ2) is 3.93. The third-order valence-corrected chi connectivity index (χ3v) is 7.77. The molecule has 2 atom stereocenters. The molecule has 1 N–H and O–H groups in total. The molecule has 0 aliphatic carbocycles. The van der Waals surface area contributed by atoms with Gasteiger partial charge in [-0.15, -0.1) is 0 Å². The number of aliphatic hydroxyl groups excluding tert-OH is 1. The van der Waals surface area contributed by atoms with Crippen molar-refractivity contribution in [2.24, 2.45) is 0 Å². The summed E-state index contributed by atoms with van der Waals surface area (Å²) in [4.78, 5) is 0. The second-order valence-electron chi connectivity index (χ2n) is 5.47. The lowest BCUT2D eigenvalue weighted by Crippen LogP contribution is -2.45. The first-order chi connectivity index (χ1) is 6.24. The van der Waals surface area contributed by atoms with Gasteiger partial charge in [0.2, 0.25) is 0 Å². The van der Waals surface area contributed by atoms with Crippen LogP contribution < -0.4 is 0 Å². The van der Waals surface area contributed by atoms with Crippen LogP contribution >= 0.6 is 0 Å². The first kappa shape index (κ1) is 12.2. The van der Waals surface area contributed by atoms with E-state index in [4.69, 9.17) is 9.16 Å². The average molecular weight is 218 g/mol. The van der Waals surface area contributed by atoms with Crippen molar-refractivity contribution in [3.05, 3.63) is 0 Å². The first-order valence-electron chi connectivity index (χ1n) is 5.21. The first-order valence-corrected chi connectivity index (χ1v) is 8.12. The monoisotopic (exact) mass is 218 g/mol. The van der Waals surface area contributed by atoms with Gasteiger partial charge in [-0.05, 0) is 18.1 Å². The van der Waals surface area contributed by atoms with E-state index in [1.165, 1.54) is 0 Å². The van der Waals surface area contributed by atoms with Crippen LogP contribution in [0.1, 0.15) is 27.2 Å². The molecule has 1 unspecified atom stereocenters. The number of ether oxygens (including phenoxy) is 1. The minimum absolute atomic E-state index is 0.115. The largest absolute Gasteiger partial charge is 0.409 e. The Balaban J connectivity index is 2.58. The standard InChI is InChI=1S/C10H22O3Si/c1-10(2,3)14(4,5)13-8-6-7-12-9(8)11/h8-9,11H,6-7H2,1-5H3/t8-,9?/m0/s1. The van der Waals surface area contributed by atoms with Crippen molar-refractivity contribution in [2.45, 2.75) is 57.7 Å². The summed E-state index contributed by atoms with van der Waals surface area (Å²) in [5.41, 5.74) is 0. The predicted octanol–water partition coefficient (Wildman–Crippen LogP) is 2.12. The van der Waals surface area contributed by atoms with Gasteiger partial charge in [-0.1, -0.05) is 20.8 Å². The van der Waals surface area contributed by atoms with Crippen LogP contribution in [0.25, 0.3) is 0 Å². The maximum absolute atomic E-state index is 9.49. The van der Waals surface area contributed by atoms with Crippen LogP contribution in [0, 0.1) is 0 Å². The lowest BCUT2D eigenvalue weighted by atomic mass is 10.2. The van der Waals surface area contributed by atoms with Crippen molar-refractivity contribution in [3.8, 4) is 0 Å². The average Bonchev–Trinajstić information content (AvgIpc) is 2.33. The smallest absolute Gasteiger partial charge is 0.192 e. The Morgan fingerprint density at radius 3 is 2.29 bits per heavy atom. The van der Waals surface area contributed by atoms with Gasteiger partial charge in [0.1, 0.15) is 0 Å². The minimum atomic E-state index is -1.75. The maximum Gasteiger partial charge on any atom is 0.192 e. The highest BCUT2D eigenvalue weighted by atomic mass is 28.4. The molecule has 0 radical (unpaired) electrons. The fraction of sp³-hybridized carbons (Fsp3) is 1.00. The van der Waals surface area contributed by atoms with Crippen molar-refractivity contribution < 1.29 is 14.3 Å². The van der Waals surface area contributed by atoms with Crippen molar-refractivity contribution in [2.75, 3.05) is 6.61 Å². The predicted molar refractivity (Wildman–Crippen MR) is 58.6 cm³/mol. The third kappa shape index (κ3) is 2.57. The summed E-state index contributed by atoms with van der Waals surface area (Å²) < 4.78 is 11.1. The molecule has 1 rings (SSSR count). The number of hydrogen-bond acceptors (Lipinski definition) is 3. The van der Waals surface area contributed by atoms with Crippen molar-refractivity contribution in [1.29, 1.82) is 0 Å². The Labute approximate surface area is 87.5 Å². The Morgan fingerprint density at radius 1 is 1.36 bits per heavy atom. The third-order valence-electron chi connectivity index (χ3n) is 3.26. The Hall–Kier alpha value is 0.0969. The minimum Gasteiger partial charge on any atom is -0.409 e. The highest BCUT2D eigenvalue weighted by molar-refractivity contribution is 6.74. The van der Waals surface area contributed by atoms with Crippen LogP contribution in [0.5, 0.6) is 0 Å². The summed E-state index contributed by atoms with van der Waals surface area (Å²) in [5.74, 6) is 0. The highest BCUT2D eigenvalue weighted by Crippen LogP contribution is 2.38. The Morgan fingerprint density at radius 2 is 1.93 bits per heavy atom. The van der Waals surface area contributed by atoms with Gasteiger partial charge in [-0.2, -0.15) is 0 Å². The summed E-state index contributed by atoms with van der Waals surface area (Å²) >= 11 is 0. The summed E-state index contributed by atoms with van der Waals surface area (Å²) in [6.07, 6.45) is -0.0201. The van der Waals surface area contributed by atoms with E-state index in [0.29, 0.717) is 6.61 Å². The fourth-order valence-electron chi connectivity index (χ4n) is 1.23. The molecule has 0 saturated carbocycles. The molecule has 0 amide bonds. The zero-order chi connectivity index (χ0) is 11.0. The lowest BCUT2D eigenvalue weighted by molar-refractivity contribution is -0.104. The molecule has 4 heteroatoms. The van der Waals surface area contributed by atoms with Gasteiger partial charge in [0.25, 0.3) is 0 Å². The second-order valence-corrected chi connectivity index (χ2v) is 10.2. The molecule has 0 aromatic rings. The van der Waals surface area contributed by atoms with Gasteiger partial charge < -0.3 is 14.3 Å². The fourth-order valence-corrected chi connectivity index (χ4v) is 2.57. The maximum atomic E-state index is 9.49. The van der Waals surface area contributed by atoms with E-state index in [1.54, 1.807) is 0 Å². The van der Waals surface area contributed by atoms with Crippen LogP contribution in [-0.4, -0.2) is 32.4 Å². The summed E-state index contributed by atoms with van der Waals surface area (Å²) in [6, 6.07) is 0. The number of aliphatic hydroxyl groups is 1. The quantitative estimate of drug-likeness (QED) is 0.722. The SMILES string of the molecule is CC(C)(C)[Si](C)(C)O[C@H]1CCOC1O. The van der Waals surface area contributed by atoms with Crippen LogP contribution in [0.3, 0.4) is 0 Å². The molecular formula is C10H22O3Si. The molecule has 0 bridgehead atoms. The van der Waals surface area contributed by atoms with Gasteiger partial charge in [-0.3, -0.25) is 0 Å². The number of rotatable bonds is 2. The summed E-state index contributed by atoms with van der Waals surface area (Å²) in [6.45, 7) is 11.6. The summed E-state index contributed by atoms with van der Waals surface area (Å²) in [5, 5.41) is 9.68. The van der Waals surface area contributed by atoms with Gasteiger partial charge >= 0.3 is 0 Å². The molecule has 1 aliphatic heterocycles. The zero-order valence-corrected chi connectivity index (χ0v) is 10.8. The van der Waals surface area contributed by atoms with Crippen LogP contribution in [0.15, 0.2) is 0 Å². The molecule has 0 aromatic heterocycles. The summed E-state index contributed by atoms with van der Waals surface area (Å²) in [7, 11) is -1.75. The van der Waals surface area contributed by atoms with E-state index in [2.05, 4.69) is 33.9 Å². The van der Waals surface area contributed by atoms with Crippen molar-refractivity contribution in [3.63, 3.8) is 0 Å². The molecule has 1 fully saturated rings. The molecule has 0 aromatic carbocycles. The van der Waals surface area contributed by atoms with Gasteiger partial charge in [0, 0.05) is 6.42 Å². The van der Waals surface area contributed by atoms with E-state index in [9.17, 15) is 5.11 Å².